The number of hydrogen-bond acceptors (Lipinski definition) is 3. The number of halogens is 1. The molecule has 0 amide bonds. The Morgan fingerprint density at radius 1 is 1.41 bits per heavy atom. The molecule has 94 valence electrons. The molecule has 0 unspecified atom stereocenters. The minimum absolute atomic E-state index is 0.349. The first kappa shape index (κ1) is 12.9. The van der Waals surface area contributed by atoms with E-state index in [2.05, 4.69) is 27.9 Å². The number of nitrogens with zero attached hydrogens (tertiary/aromatic N) is 1. The highest BCUT2D eigenvalue weighted by atomic mass is 79.9. The molecule has 0 radical (unpaired) electrons. The van der Waals surface area contributed by atoms with Gasteiger partial charge in [-0.15, -0.1) is 0 Å². The molecule has 0 aromatic heterocycles. The summed E-state index contributed by atoms with van der Waals surface area (Å²) >= 11 is 3.51. The van der Waals surface area contributed by atoms with Crippen molar-refractivity contribution in [3.63, 3.8) is 0 Å². The van der Waals surface area contributed by atoms with Gasteiger partial charge in [0.25, 0.3) is 0 Å². The van der Waals surface area contributed by atoms with E-state index in [0.29, 0.717) is 12.6 Å². The van der Waals surface area contributed by atoms with Gasteiger partial charge >= 0.3 is 0 Å². The number of rotatable bonds is 3. The van der Waals surface area contributed by atoms with Crippen molar-refractivity contribution in [3.8, 4) is 5.75 Å². The Labute approximate surface area is 111 Å². The number of hydrogen-bond donors (Lipinski definition) is 1. The topological polar surface area (TPSA) is 38.5 Å². The van der Waals surface area contributed by atoms with Crippen molar-refractivity contribution in [3.05, 3.63) is 28.2 Å². The van der Waals surface area contributed by atoms with Gasteiger partial charge in [-0.05, 0) is 37.6 Å². The van der Waals surface area contributed by atoms with Crippen LogP contribution < -0.4 is 10.5 Å². The summed E-state index contributed by atoms with van der Waals surface area (Å²) in [6.07, 6.45) is 2.56. The van der Waals surface area contributed by atoms with E-state index >= 15 is 0 Å². The van der Waals surface area contributed by atoms with E-state index in [1.807, 2.05) is 18.2 Å². The maximum atomic E-state index is 5.99. The quantitative estimate of drug-likeness (QED) is 0.931. The molecule has 1 aliphatic rings. The van der Waals surface area contributed by atoms with E-state index in [1.54, 1.807) is 0 Å². The minimum atomic E-state index is 0.349. The average Bonchev–Trinajstić information content (AvgIpc) is 2.32. The molecule has 3 nitrogen and oxygen atoms in total. The lowest BCUT2D eigenvalue weighted by Crippen LogP contribution is -2.35. The molecule has 0 spiro atoms. The molecule has 1 saturated heterocycles. The first-order chi connectivity index (χ1) is 8.19. The van der Waals surface area contributed by atoms with Crippen molar-refractivity contribution in [1.82, 2.24) is 4.90 Å². The molecule has 17 heavy (non-hydrogen) atoms. The summed E-state index contributed by atoms with van der Waals surface area (Å²) < 4.78 is 7.02. The summed E-state index contributed by atoms with van der Waals surface area (Å²) in [6, 6.07) is 6.04. The van der Waals surface area contributed by atoms with Crippen LogP contribution in [-0.2, 0) is 6.54 Å². The summed E-state index contributed by atoms with van der Waals surface area (Å²) in [7, 11) is 2.16. The van der Waals surface area contributed by atoms with Gasteiger partial charge in [0.1, 0.15) is 11.9 Å². The summed E-state index contributed by atoms with van der Waals surface area (Å²) in [5.74, 6) is 0.934. The van der Waals surface area contributed by atoms with Crippen LogP contribution in [0.15, 0.2) is 22.7 Å². The van der Waals surface area contributed by atoms with Gasteiger partial charge in [0.2, 0.25) is 0 Å². The van der Waals surface area contributed by atoms with Crippen molar-refractivity contribution in [2.45, 2.75) is 25.5 Å². The second-order valence-electron chi connectivity index (χ2n) is 4.58. The number of nitrogens with two attached hydrogens (primary N) is 1. The van der Waals surface area contributed by atoms with Crippen LogP contribution in [0.25, 0.3) is 0 Å². The Balaban J connectivity index is 1.97. The van der Waals surface area contributed by atoms with Crippen LogP contribution in [-0.4, -0.2) is 31.1 Å². The van der Waals surface area contributed by atoms with Gasteiger partial charge in [0.05, 0.1) is 0 Å². The lowest BCUT2D eigenvalue weighted by molar-refractivity contribution is 0.114. The van der Waals surface area contributed by atoms with E-state index in [4.69, 9.17) is 10.5 Å². The van der Waals surface area contributed by atoms with Crippen LogP contribution in [0.1, 0.15) is 18.4 Å². The summed E-state index contributed by atoms with van der Waals surface area (Å²) in [5.41, 5.74) is 6.74. The van der Waals surface area contributed by atoms with Crippen molar-refractivity contribution in [1.29, 1.82) is 0 Å². The number of benzene rings is 1. The molecule has 1 fully saturated rings. The Hall–Kier alpha value is -0.580. The zero-order valence-corrected chi connectivity index (χ0v) is 11.7. The second-order valence-corrected chi connectivity index (χ2v) is 5.43. The first-order valence-electron chi connectivity index (χ1n) is 6.02. The highest BCUT2D eigenvalue weighted by Gasteiger charge is 2.18. The van der Waals surface area contributed by atoms with Crippen LogP contribution >= 0.6 is 15.9 Å². The van der Waals surface area contributed by atoms with Crippen LogP contribution in [0.4, 0.5) is 0 Å². The van der Waals surface area contributed by atoms with E-state index in [1.165, 1.54) is 0 Å². The molecular weight excluding hydrogens is 280 g/mol. The Morgan fingerprint density at radius 2 is 2.12 bits per heavy atom. The third kappa shape index (κ3) is 3.44. The molecule has 0 aliphatic carbocycles. The zero-order chi connectivity index (χ0) is 12.3. The Bertz CT molecular complexity index is 376. The second kappa shape index (κ2) is 5.85. The van der Waals surface area contributed by atoms with E-state index in [9.17, 15) is 0 Å². The van der Waals surface area contributed by atoms with Crippen molar-refractivity contribution < 1.29 is 4.74 Å². The average molecular weight is 299 g/mol. The molecule has 1 aliphatic heterocycles. The molecular formula is C13H19BrN2O. The van der Waals surface area contributed by atoms with Gasteiger partial charge in [-0.3, -0.25) is 0 Å². The van der Waals surface area contributed by atoms with Crippen LogP contribution in [0, 0.1) is 0 Å². The van der Waals surface area contributed by atoms with Gasteiger partial charge < -0.3 is 15.4 Å². The van der Waals surface area contributed by atoms with E-state index in [0.717, 1.165) is 41.7 Å². The lowest BCUT2D eigenvalue weighted by Gasteiger charge is -2.29. The number of likely N-dealkylation sites (tertiary alicyclic amines) is 1. The highest BCUT2D eigenvalue weighted by molar-refractivity contribution is 9.10. The van der Waals surface area contributed by atoms with E-state index < -0.39 is 0 Å². The maximum absolute atomic E-state index is 5.99. The molecule has 1 heterocycles. The monoisotopic (exact) mass is 298 g/mol. The normalized spacial score (nSPS) is 18.3. The van der Waals surface area contributed by atoms with Crippen LogP contribution in [0.3, 0.4) is 0 Å². The van der Waals surface area contributed by atoms with E-state index in [-0.39, 0.29) is 0 Å². The SMILES string of the molecule is CN1CCC(Oc2ccc(CN)c(Br)c2)CC1. The molecule has 0 saturated carbocycles. The molecule has 1 aromatic carbocycles. The Morgan fingerprint density at radius 3 is 2.71 bits per heavy atom. The van der Waals surface area contributed by atoms with Gasteiger partial charge in [-0.25, -0.2) is 0 Å². The fourth-order valence-electron chi connectivity index (χ4n) is 2.06. The van der Waals surface area contributed by atoms with Crippen molar-refractivity contribution in [2.24, 2.45) is 5.73 Å². The van der Waals surface area contributed by atoms with Gasteiger partial charge in [-0.2, -0.15) is 0 Å². The molecule has 2 rings (SSSR count). The maximum Gasteiger partial charge on any atom is 0.120 e. The minimum Gasteiger partial charge on any atom is -0.490 e. The van der Waals surface area contributed by atoms with Crippen molar-refractivity contribution >= 4 is 15.9 Å². The molecule has 0 bridgehead atoms. The Kier molecular flexibility index (Phi) is 4.42. The fourth-order valence-corrected chi connectivity index (χ4v) is 2.58. The number of ether oxygens (including phenoxy) is 1. The molecule has 2 N–H and O–H groups in total. The predicted octanol–water partition coefficient (Wildman–Crippen LogP) is 2.38. The number of piperidine rings is 1. The summed E-state index contributed by atoms with van der Waals surface area (Å²) in [5, 5.41) is 0. The zero-order valence-electron chi connectivity index (χ0n) is 10.2. The van der Waals surface area contributed by atoms with Crippen LogP contribution in [0.5, 0.6) is 5.75 Å². The summed E-state index contributed by atoms with van der Waals surface area (Å²) in [6.45, 7) is 2.79. The van der Waals surface area contributed by atoms with Gasteiger partial charge in [0.15, 0.2) is 0 Å². The lowest BCUT2D eigenvalue weighted by atomic mass is 10.1. The third-order valence-electron chi connectivity index (χ3n) is 3.21. The highest BCUT2D eigenvalue weighted by Crippen LogP contribution is 2.25. The third-order valence-corrected chi connectivity index (χ3v) is 3.95. The van der Waals surface area contributed by atoms with Gasteiger partial charge in [-0.1, -0.05) is 22.0 Å². The fraction of sp³-hybridized carbons (Fsp3) is 0.538. The smallest absolute Gasteiger partial charge is 0.120 e. The molecule has 0 atom stereocenters. The van der Waals surface area contributed by atoms with Crippen LogP contribution in [0.2, 0.25) is 0 Å². The van der Waals surface area contributed by atoms with Crippen molar-refractivity contribution in [2.75, 3.05) is 20.1 Å². The molecule has 4 heteroatoms. The van der Waals surface area contributed by atoms with Gasteiger partial charge in [0, 0.05) is 24.1 Å². The largest absolute Gasteiger partial charge is 0.490 e. The standard InChI is InChI=1S/C13H19BrN2O/c1-16-6-4-11(5-7-16)17-12-3-2-10(9-15)13(14)8-12/h2-3,8,11H,4-7,9,15H2,1H3. The predicted molar refractivity (Wildman–Crippen MR) is 73.2 cm³/mol. The summed E-state index contributed by atoms with van der Waals surface area (Å²) in [4.78, 5) is 2.34. The first-order valence-corrected chi connectivity index (χ1v) is 6.82. The molecule has 1 aromatic rings.